The van der Waals surface area contributed by atoms with Crippen LogP contribution in [-0.4, -0.2) is 28.4 Å². The lowest BCUT2D eigenvalue weighted by Crippen LogP contribution is -2.28. The second-order valence-corrected chi connectivity index (χ2v) is 6.25. The summed E-state index contributed by atoms with van der Waals surface area (Å²) in [5, 5.41) is 4.85. The summed E-state index contributed by atoms with van der Waals surface area (Å²) in [7, 11) is 0. The fourth-order valence-corrected chi connectivity index (χ4v) is 3.29. The number of carbonyl (C=O) groups is 1. The third-order valence-electron chi connectivity index (χ3n) is 3.52. The lowest BCUT2D eigenvalue weighted by molar-refractivity contribution is -0.121. The lowest BCUT2D eigenvalue weighted by Gasteiger charge is -2.07. The Bertz CT molecular complexity index is 826. The first-order valence-electron chi connectivity index (χ1n) is 7.69. The van der Waals surface area contributed by atoms with E-state index in [0.29, 0.717) is 31.7 Å². The van der Waals surface area contributed by atoms with Gasteiger partial charge in [-0.3, -0.25) is 9.20 Å². The molecular weight excluding hydrogens is 329 g/mol. The van der Waals surface area contributed by atoms with Gasteiger partial charge in [0.05, 0.1) is 12.2 Å². The summed E-state index contributed by atoms with van der Waals surface area (Å²) in [5.74, 6) is 0.266. The van der Waals surface area contributed by atoms with E-state index in [9.17, 15) is 9.18 Å². The molecule has 0 aliphatic carbocycles. The van der Waals surface area contributed by atoms with E-state index in [-0.39, 0.29) is 11.7 Å². The van der Waals surface area contributed by atoms with Crippen molar-refractivity contribution >= 4 is 22.2 Å². The number of hydrogen-bond acceptors (Lipinski definition) is 4. The minimum Gasteiger partial charge on any atom is -0.492 e. The monoisotopic (exact) mass is 347 g/mol. The molecule has 0 aliphatic rings. The van der Waals surface area contributed by atoms with E-state index in [4.69, 9.17) is 4.74 Å². The summed E-state index contributed by atoms with van der Waals surface area (Å²) in [6.45, 7) is 2.72. The number of amides is 1. The Kier molecular flexibility index (Phi) is 5.10. The number of ether oxygens (including phenoxy) is 1. The van der Waals surface area contributed by atoms with Crippen LogP contribution >= 0.6 is 11.3 Å². The number of rotatable bonds is 7. The Labute approximate surface area is 143 Å². The molecule has 24 heavy (non-hydrogen) atoms. The number of nitrogens with zero attached hydrogens (tertiary/aromatic N) is 2. The molecule has 2 heterocycles. The predicted molar refractivity (Wildman–Crippen MR) is 91.0 cm³/mol. The van der Waals surface area contributed by atoms with Crippen LogP contribution in [0.25, 0.3) is 4.96 Å². The van der Waals surface area contributed by atoms with Gasteiger partial charge in [0.25, 0.3) is 0 Å². The van der Waals surface area contributed by atoms with E-state index in [1.54, 1.807) is 23.5 Å². The molecule has 1 aromatic carbocycles. The third-order valence-corrected chi connectivity index (χ3v) is 4.41. The van der Waals surface area contributed by atoms with Crippen molar-refractivity contribution in [3.8, 4) is 5.75 Å². The molecular formula is C17H18FN3O2S. The zero-order chi connectivity index (χ0) is 16.9. The summed E-state index contributed by atoms with van der Waals surface area (Å²) in [5.41, 5.74) is 2.07. The number of benzene rings is 1. The van der Waals surface area contributed by atoms with Crippen molar-refractivity contribution in [1.29, 1.82) is 0 Å². The van der Waals surface area contributed by atoms with Crippen LogP contribution in [0.1, 0.15) is 17.8 Å². The topological polar surface area (TPSA) is 55.6 Å². The van der Waals surface area contributed by atoms with Crippen LogP contribution in [0.15, 0.2) is 35.8 Å². The number of imidazole rings is 1. The Morgan fingerprint density at radius 2 is 2.17 bits per heavy atom. The molecule has 0 atom stereocenters. The quantitative estimate of drug-likeness (QED) is 0.669. The van der Waals surface area contributed by atoms with Gasteiger partial charge in [-0.05, 0) is 37.6 Å². The van der Waals surface area contributed by atoms with Crippen molar-refractivity contribution in [2.75, 3.05) is 13.2 Å². The second kappa shape index (κ2) is 7.44. The second-order valence-electron chi connectivity index (χ2n) is 5.41. The van der Waals surface area contributed by atoms with Crippen LogP contribution in [0.4, 0.5) is 4.39 Å². The fourth-order valence-electron chi connectivity index (χ4n) is 2.34. The predicted octanol–water partition coefficient (Wildman–Crippen LogP) is 2.97. The molecule has 126 valence electrons. The summed E-state index contributed by atoms with van der Waals surface area (Å²) in [6.07, 6.45) is 3.07. The van der Waals surface area contributed by atoms with E-state index in [2.05, 4.69) is 10.3 Å². The molecule has 0 spiro atoms. The van der Waals surface area contributed by atoms with Crippen LogP contribution < -0.4 is 10.1 Å². The Balaban J connectivity index is 1.39. The largest absolute Gasteiger partial charge is 0.492 e. The molecule has 3 aromatic rings. The highest BCUT2D eigenvalue weighted by atomic mass is 32.1. The molecule has 0 aliphatic heterocycles. The Morgan fingerprint density at radius 1 is 1.38 bits per heavy atom. The van der Waals surface area contributed by atoms with Crippen molar-refractivity contribution < 1.29 is 13.9 Å². The van der Waals surface area contributed by atoms with E-state index in [1.165, 1.54) is 12.1 Å². The molecule has 0 unspecified atom stereocenters. The molecule has 0 saturated heterocycles. The third kappa shape index (κ3) is 4.11. The molecule has 7 heteroatoms. The SMILES string of the molecule is Cc1cn2c(CCC(=O)NCCOc3ccc(F)cc3)csc2n1. The molecule has 1 amide bonds. The number of hydrogen-bond donors (Lipinski definition) is 1. The van der Waals surface area contributed by atoms with Gasteiger partial charge < -0.3 is 10.1 Å². The van der Waals surface area contributed by atoms with Crippen LogP contribution in [0.5, 0.6) is 5.75 Å². The summed E-state index contributed by atoms with van der Waals surface area (Å²) in [4.78, 5) is 17.2. The van der Waals surface area contributed by atoms with Gasteiger partial charge in [0.2, 0.25) is 5.91 Å². The van der Waals surface area contributed by atoms with Crippen LogP contribution in [0.3, 0.4) is 0 Å². The van der Waals surface area contributed by atoms with Crippen LogP contribution in [-0.2, 0) is 11.2 Å². The summed E-state index contributed by atoms with van der Waals surface area (Å²) < 4.78 is 20.2. The number of aryl methyl sites for hydroxylation is 2. The zero-order valence-corrected chi connectivity index (χ0v) is 14.1. The maximum atomic E-state index is 12.8. The molecule has 0 radical (unpaired) electrons. The first-order valence-corrected chi connectivity index (χ1v) is 8.57. The maximum absolute atomic E-state index is 12.8. The number of carbonyl (C=O) groups excluding carboxylic acids is 1. The summed E-state index contributed by atoms with van der Waals surface area (Å²) >= 11 is 1.58. The zero-order valence-electron chi connectivity index (χ0n) is 13.3. The van der Waals surface area contributed by atoms with Crippen molar-refractivity contribution in [2.45, 2.75) is 19.8 Å². The van der Waals surface area contributed by atoms with Gasteiger partial charge in [-0.15, -0.1) is 11.3 Å². The van der Waals surface area contributed by atoms with Gasteiger partial charge in [-0.25, -0.2) is 9.37 Å². The first kappa shape index (κ1) is 16.4. The molecule has 1 N–H and O–H groups in total. The molecule has 0 saturated carbocycles. The van der Waals surface area contributed by atoms with Gasteiger partial charge >= 0.3 is 0 Å². The highest BCUT2D eigenvalue weighted by molar-refractivity contribution is 7.15. The smallest absolute Gasteiger partial charge is 0.220 e. The highest BCUT2D eigenvalue weighted by Gasteiger charge is 2.08. The molecule has 0 bridgehead atoms. The number of fused-ring (bicyclic) bond motifs is 1. The van der Waals surface area contributed by atoms with Gasteiger partial charge in [0, 0.05) is 23.7 Å². The van der Waals surface area contributed by atoms with Crippen molar-refractivity contribution in [3.05, 3.63) is 53.0 Å². The fraction of sp³-hybridized carbons (Fsp3) is 0.294. The Morgan fingerprint density at radius 3 is 2.96 bits per heavy atom. The molecule has 3 rings (SSSR count). The summed E-state index contributed by atoms with van der Waals surface area (Å²) in [6, 6.07) is 5.80. The van der Waals surface area contributed by atoms with Crippen molar-refractivity contribution in [2.24, 2.45) is 0 Å². The maximum Gasteiger partial charge on any atom is 0.220 e. The standard InChI is InChI=1S/C17H18FN3O2S/c1-12-10-21-14(11-24-17(21)20-12)4-7-16(22)19-8-9-23-15-5-2-13(18)3-6-15/h2-3,5-6,10-11H,4,7-9H2,1H3,(H,19,22). The molecule has 2 aromatic heterocycles. The Hall–Kier alpha value is -2.41. The number of halogens is 1. The number of thiazole rings is 1. The first-order chi connectivity index (χ1) is 11.6. The van der Waals surface area contributed by atoms with Crippen LogP contribution in [0, 0.1) is 12.7 Å². The normalized spacial score (nSPS) is 10.9. The van der Waals surface area contributed by atoms with Crippen molar-refractivity contribution in [1.82, 2.24) is 14.7 Å². The number of aromatic nitrogens is 2. The van der Waals surface area contributed by atoms with E-state index in [1.807, 2.05) is 22.9 Å². The minimum absolute atomic E-state index is 0.0195. The average molecular weight is 347 g/mol. The van der Waals surface area contributed by atoms with Crippen molar-refractivity contribution in [3.63, 3.8) is 0 Å². The van der Waals surface area contributed by atoms with Gasteiger partial charge in [-0.2, -0.15) is 0 Å². The van der Waals surface area contributed by atoms with E-state index in [0.717, 1.165) is 16.3 Å². The molecule has 0 fully saturated rings. The number of nitrogens with one attached hydrogen (secondary N) is 1. The van der Waals surface area contributed by atoms with E-state index < -0.39 is 0 Å². The van der Waals surface area contributed by atoms with E-state index >= 15 is 0 Å². The average Bonchev–Trinajstić information content (AvgIpc) is 3.10. The van der Waals surface area contributed by atoms with Gasteiger partial charge in [0.15, 0.2) is 4.96 Å². The van der Waals surface area contributed by atoms with Gasteiger partial charge in [0.1, 0.15) is 18.2 Å². The highest BCUT2D eigenvalue weighted by Crippen LogP contribution is 2.17. The lowest BCUT2D eigenvalue weighted by atomic mass is 10.2. The van der Waals surface area contributed by atoms with Crippen LogP contribution in [0.2, 0.25) is 0 Å². The molecule has 5 nitrogen and oxygen atoms in total. The minimum atomic E-state index is -0.300. The van der Waals surface area contributed by atoms with Gasteiger partial charge in [-0.1, -0.05) is 0 Å².